The molecule has 134 valence electrons. The molecule has 2 aromatic heterocycles. The predicted octanol–water partition coefficient (Wildman–Crippen LogP) is 2.00. The van der Waals surface area contributed by atoms with E-state index in [1.807, 2.05) is 13.8 Å². The molecule has 2 aromatic rings. The first-order chi connectivity index (χ1) is 11.6. The molecule has 0 saturated heterocycles. The Balaban J connectivity index is 2.06. The molecule has 0 saturated carbocycles. The van der Waals surface area contributed by atoms with Crippen molar-refractivity contribution in [1.29, 1.82) is 0 Å². The van der Waals surface area contributed by atoms with Gasteiger partial charge in [0, 0.05) is 6.20 Å². The molecule has 0 radical (unpaired) electrons. The quantitative estimate of drug-likeness (QED) is 0.628. The third-order valence-corrected chi connectivity index (χ3v) is 4.63. The van der Waals surface area contributed by atoms with Gasteiger partial charge in [-0.25, -0.2) is 4.39 Å². The van der Waals surface area contributed by atoms with Crippen LogP contribution in [0.25, 0.3) is 11.0 Å². The van der Waals surface area contributed by atoms with Gasteiger partial charge in [0.05, 0.1) is 25.1 Å². The number of ether oxygens (including phenoxy) is 1. The summed E-state index contributed by atoms with van der Waals surface area (Å²) in [6.07, 6.45) is 1.14. The van der Waals surface area contributed by atoms with E-state index in [1.54, 1.807) is 16.8 Å². The van der Waals surface area contributed by atoms with Crippen LogP contribution in [0.5, 0.6) is 0 Å². The standard InChI is InChI=1S/C14H22FN4O4P/c1-3-22-24(23-4-2)9-21-10(7-15)8-19-6-5-11-12(19)17-14(16)18-13(11)20/h5-6,10H,3-4,7-9H2,1-2H3,(H3,16,17,18,20). The second kappa shape index (κ2) is 9.08. The zero-order valence-corrected chi connectivity index (χ0v) is 14.6. The lowest BCUT2D eigenvalue weighted by atomic mass is 10.4. The van der Waals surface area contributed by atoms with Crippen LogP contribution in [0.1, 0.15) is 13.8 Å². The smallest absolute Gasteiger partial charge is 0.261 e. The monoisotopic (exact) mass is 360 g/mol. The van der Waals surface area contributed by atoms with Crippen molar-refractivity contribution in [1.82, 2.24) is 14.5 Å². The van der Waals surface area contributed by atoms with E-state index < -0.39 is 21.2 Å². The number of aromatic amines is 1. The lowest BCUT2D eigenvalue weighted by molar-refractivity contribution is 0.0449. The van der Waals surface area contributed by atoms with E-state index in [1.165, 1.54) is 0 Å². The van der Waals surface area contributed by atoms with Gasteiger partial charge in [-0.1, -0.05) is 0 Å². The number of nitrogen functional groups attached to an aromatic ring is 1. The van der Waals surface area contributed by atoms with Crippen molar-refractivity contribution in [3.8, 4) is 0 Å². The van der Waals surface area contributed by atoms with Crippen LogP contribution in [-0.2, 0) is 20.3 Å². The number of rotatable bonds is 10. The Bertz CT molecular complexity index is 702. The van der Waals surface area contributed by atoms with Gasteiger partial charge in [-0.15, -0.1) is 0 Å². The number of hydrogen-bond acceptors (Lipinski definition) is 6. The molecule has 0 amide bonds. The lowest BCUT2D eigenvalue weighted by Crippen LogP contribution is -2.23. The molecule has 3 N–H and O–H groups in total. The molecule has 10 heteroatoms. The fraction of sp³-hybridized carbons (Fsp3) is 0.571. The van der Waals surface area contributed by atoms with Crippen molar-refractivity contribution in [2.75, 3.05) is 32.0 Å². The number of halogens is 1. The van der Waals surface area contributed by atoms with Gasteiger partial charge in [0.15, 0.2) is 8.38 Å². The topological polar surface area (TPSA) is 104 Å². The van der Waals surface area contributed by atoms with Crippen LogP contribution in [0, 0.1) is 0 Å². The highest BCUT2D eigenvalue weighted by Crippen LogP contribution is 2.38. The summed E-state index contributed by atoms with van der Waals surface area (Å²) in [7, 11) is -1.20. The molecule has 0 fully saturated rings. The summed E-state index contributed by atoms with van der Waals surface area (Å²) in [5.74, 6) is 0.0152. The summed E-state index contributed by atoms with van der Waals surface area (Å²) >= 11 is 0. The van der Waals surface area contributed by atoms with Crippen LogP contribution < -0.4 is 11.3 Å². The van der Waals surface area contributed by atoms with Crippen LogP contribution in [0.2, 0.25) is 0 Å². The molecular weight excluding hydrogens is 338 g/mol. The molecule has 24 heavy (non-hydrogen) atoms. The first-order valence-electron chi connectivity index (χ1n) is 7.64. The number of nitrogens with two attached hydrogens (primary N) is 1. The van der Waals surface area contributed by atoms with Crippen LogP contribution >= 0.6 is 8.38 Å². The van der Waals surface area contributed by atoms with Gasteiger partial charge >= 0.3 is 0 Å². The van der Waals surface area contributed by atoms with Gasteiger partial charge in [-0.2, -0.15) is 4.98 Å². The highest BCUT2D eigenvalue weighted by Gasteiger charge is 2.17. The Kier molecular flexibility index (Phi) is 7.11. The minimum Gasteiger partial charge on any atom is -0.369 e. The average Bonchev–Trinajstić information content (AvgIpc) is 2.94. The van der Waals surface area contributed by atoms with Gasteiger partial charge in [-0.05, 0) is 19.9 Å². The number of alkyl halides is 1. The van der Waals surface area contributed by atoms with Gasteiger partial charge in [0.1, 0.15) is 24.8 Å². The van der Waals surface area contributed by atoms with Crippen molar-refractivity contribution in [3.63, 3.8) is 0 Å². The Morgan fingerprint density at radius 3 is 2.75 bits per heavy atom. The SMILES string of the molecule is CCOP(COC(CF)Cn1ccc2c(=O)[nH]c(N)nc21)OCC. The molecule has 2 heterocycles. The number of nitrogens with zero attached hydrogens (tertiary/aromatic N) is 2. The van der Waals surface area contributed by atoms with Crippen molar-refractivity contribution in [2.45, 2.75) is 26.5 Å². The highest BCUT2D eigenvalue weighted by atomic mass is 31.2. The number of H-pyrrole nitrogens is 1. The number of nitrogens with one attached hydrogen (secondary N) is 1. The van der Waals surface area contributed by atoms with E-state index in [0.717, 1.165) is 0 Å². The van der Waals surface area contributed by atoms with Crippen LogP contribution in [-0.4, -0.2) is 46.9 Å². The molecule has 0 aliphatic carbocycles. The highest BCUT2D eigenvalue weighted by molar-refractivity contribution is 7.47. The Hall–Kier alpha value is -1.54. The predicted molar refractivity (Wildman–Crippen MR) is 90.7 cm³/mol. The maximum absolute atomic E-state index is 13.3. The molecule has 0 spiro atoms. The number of fused-ring (bicyclic) bond motifs is 1. The minimum absolute atomic E-state index is 0.0152. The fourth-order valence-corrected chi connectivity index (χ4v) is 3.30. The number of anilines is 1. The average molecular weight is 360 g/mol. The zero-order chi connectivity index (χ0) is 17.5. The first kappa shape index (κ1) is 18.8. The van der Waals surface area contributed by atoms with Crippen LogP contribution in [0.3, 0.4) is 0 Å². The van der Waals surface area contributed by atoms with Crippen LogP contribution in [0.15, 0.2) is 17.1 Å². The van der Waals surface area contributed by atoms with E-state index >= 15 is 0 Å². The second-order valence-corrected chi connectivity index (χ2v) is 6.34. The summed E-state index contributed by atoms with van der Waals surface area (Å²) in [5, 5.41) is 0.396. The minimum atomic E-state index is -1.20. The third kappa shape index (κ3) is 4.73. The van der Waals surface area contributed by atoms with Crippen molar-refractivity contribution >= 4 is 25.4 Å². The summed E-state index contributed by atoms with van der Waals surface area (Å²) < 4.78 is 31.4. The van der Waals surface area contributed by atoms with Crippen molar-refractivity contribution in [3.05, 3.63) is 22.6 Å². The fourth-order valence-electron chi connectivity index (χ4n) is 2.17. The molecule has 2 rings (SSSR count). The second-order valence-electron chi connectivity index (χ2n) is 4.90. The lowest BCUT2D eigenvalue weighted by Gasteiger charge is -2.20. The van der Waals surface area contributed by atoms with E-state index in [4.69, 9.17) is 19.5 Å². The molecule has 0 aromatic carbocycles. The van der Waals surface area contributed by atoms with E-state index in [2.05, 4.69) is 9.97 Å². The summed E-state index contributed by atoms with van der Waals surface area (Å²) in [5.41, 5.74) is 5.64. The number of hydrogen-bond donors (Lipinski definition) is 2. The summed E-state index contributed by atoms with van der Waals surface area (Å²) in [4.78, 5) is 18.3. The molecular formula is C14H22FN4O4P. The third-order valence-electron chi connectivity index (χ3n) is 3.18. The largest absolute Gasteiger partial charge is 0.369 e. The zero-order valence-electron chi connectivity index (χ0n) is 13.7. The van der Waals surface area contributed by atoms with E-state index in [-0.39, 0.29) is 24.4 Å². The Morgan fingerprint density at radius 1 is 1.42 bits per heavy atom. The van der Waals surface area contributed by atoms with Gasteiger partial charge < -0.3 is 24.1 Å². The Labute approximate surface area is 140 Å². The molecule has 0 aliphatic rings. The maximum Gasteiger partial charge on any atom is 0.261 e. The molecule has 8 nitrogen and oxygen atoms in total. The first-order valence-corrected chi connectivity index (χ1v) is 9.00. The molecule has 1 atom stereocenters. The van der Waals surface area contributed by atoms with Gasteiger partial charge in [0.25, 0.3) is 5.56 Å². The normalized spacial score (nSPS) is 13.0. The van der Waals surface area contributed by atoms with Crippen LogP contribution in [0.4, 0.5) is 10.3 Å². The summed E-state index contributed by atoms with van der Waals surface area (Å²) in [6.45, 7) is 4.26. The van der Waals surface area contributed by atoms with Crippen molar-refractivity contribution < 1.29 is 18.2 Å². The number of aromatic nitrogens is 3. The molecule has 1 unspecified atom stereocenters. The van der Waals surface area contributed by atoms with E-state index in [9.17, 15) is 9.18 Å². The van der Waals surface area contributed by atoms with Crippen molar-refractivity contribution in [2.24, 2.45) is 0 Å². The van der Waals surface area contributed by atoms with Gasteiger partial charge in [-0.3, -0.25) is 9.78 Å². The Morgan fingerprint density at radius 2 is 2.12 bits per heavy atom. The van der Waals surface area contributed by atoms with E-state index in [0.29, 0.717) is 24.2 Å². The molecule has 0 aliphatic heterocycles. The molecule has 0 bridgehead atoms. The van der Waals surface area contributed by atoms with Gasteiger partial charge in [0.2, 0.25) is 5.95 Å². The maximum atomic E-state index is 13.3. The summed E-state index contributed by atoms with van der Waals surface area (Å²) in [6, 6.07) is 1.61.